The standard InChI is InChI=1S/C31H41N3O/c1-22-6-5-9-24(18-22)25-10-16-30-29(19-25)26(21-34(30)20-23-7-3-2-4-8-23)11-17-31(35)33-28-14-12-27(32)13-15-28/h5-6,9-10,16,18-19,21,23,27-28H,2-4,7-8,11-15,17,20,32H2,1H3,(H,33,35). The predicted molar refractivity (Wildman–Crippen MR) is 145 cm³/mol. The van der Waals surface area contributed by atoms with Gasteiger partial charge in [0.05, 0.1) is 0 Å². The molecular weight excluding hydrogens is 430 g/mol. The lowest BCUT2D eigenvalue weighted by Crippen LogP contribution is -2.40. The third-order valence-corrected chi connectivity index (χ3v) is 8.25. The molecule has 5 rings (SSSR count). The maximum absolute atomic E-state index is 12.8. The molecule has 0 radical (unpaired) electrons. The minimum Gasteiger partial charge on any atom is -0.353 e. The zero-order valence-corrected chi connectivity index (χ0v) is 21.3. The monoisotopic (exact) mass is 471 g/mol. The first-order chi connectivity index (χ1) is 17.0. The molecule has 2 aromatic carbocycles. The van der Waals surface area contributed by atoms with Crippen molar-refractivity contribution in [3.63, 3.8) is 0 Å². The molecular formula is C31H41N3O. The van der Waals surface area contributed by atoms with E-state index in [9.17, 15) is 4.79 Å². The van der Waals surface area contributed by atoms with E-state index in [-0.39, 0.29) is 5.91 Å². The quantitative estimate of drug-likeness (QED) is 0.412. The molecule has 4 nitrogen and oxygen atoms in total. The largest absolute Gasteiger partial charge is 0.353 e. The molecule has 0 atom stereocenters. The molecule has 2 aliphatic rings. The number of hydrogen-bond donors (Lipinski definition) is 2. The first-order valence-electron chi connectivity index (χ1n) is 13.8. The van der Waals surface area contributed by atoms with Crippen LogP contribution in [-0.2, 0) is 17.8 Å². The number of rotatable bonds is 7. The van der Waals surface area contributed by atoms with Gasteiger partial charge in [0, 0.05) is 42.1 Å². The van der Waals surface area contributed by atoms with E-state index in [4.69, 9.17) is 5.73 Å². The molecule has 0 spiro atoms. The van der Waals surface area contributed by atoms with E-state index in [1.165, 1.54) is 65.3 Å². The fourth-order valence-electron chi connectivity index (χ4n) is 6.18. The molecule has 0 bridgehead atoms. The number of nitrogens with one attached hydrogen (secondary N) is 1. The Hall–Kier alpha value is -2.59. The summed E-state index contributed by atoms with van der Waals surface area (Å²) in [7, 11) is 0. The summed E-state index contributed by atoms with van der Waals surface area (Å²) in [6.45, 7) is 3.24. The highest BCUT2D eigenvalue weighted by Crippen LogP contribution is 2.32. The Labute approximate surface area is 210 Å². The lowest BCUT2D eigenvalue weighted by Gasteiger charge is -2.26. The van der Waals surface area contributed by atoms with Crippen molar-refractivity contribution in [3.8, 4) is 11.1 Å². The van der Waals surface area contributed by atoms with Gasteiger partial charge in [0.1, 0.15) is 0 Å². The average Bonchev–Trinajstić information content (AvgIpc) is 3.21. The van der Waals surface area contributed by atoms with Crippen molar-refractivity contribution >= 4 is 16.8 Å². The van der Waals surface area contributed by atoms with E-state index in [1.54, 1.807) is 0 Å². The molecule has 2 aliphatic carbocycles. The third kappa shape index (κ3) is 5.98. The molecule has 0 unspecified atom stereocenters. The van der Waals surface area contributed by atoms with Crippen molar-refractivity contribution < 1.29 is 4.79 Å². The topological polar surface area (TPSA) is 60.1 Å². The number of nitrogens with two attached hydrogens (primary N) is 1. The summed E-state index contributed by atoms with van der Waals surface area (Å²) in [5.41, 5.74) is 12.4. The van der Waals surface area contributed by atoms with E-state index in [0.717, 1.165) is 44.6 Å². The number of fused-ring (bicyclic) bond motifs is 1. The summed E-state index contributed by atoms with van der Waals surface area (Å²) in [6, 6.07) is 16.2. The molecule has 0 aliphatic heterocycles. The molecule has 1 amide bonds. The maximum Gasteiger partial charge on any atom is 0.220 e. The Morgan fingerprint density at radius 3 is 2.51 bits per heavy atom. The molecule has 4 heteroatoms. The van der Waals surface area contributed by atoms with Crippen LogP contribution in [0.4, 0.5) is 0 Å². The predicted octanol–water partition coefficient (Wildman–Crippen LogP) is 6.52. The minimum absolute atomic E-state index is 0.175. The van der Waals surface area contributed by atoms with E-state index < -0.39 is 0 Å². The van der Waals surface area contributed by atoms with Crippen LogP contribution in [0.2, 0.25) is 0 Å². The molecule has 0 saturated heterocycles. The van der Waals surface area contributed by atoms with Gasteiger partial charge in [0.2, 0.25) is 5.91 Å². The smallest absolute Gasteiger partial charge is 0.220 e. The van der Waals surface area contributed by atoms with Crippen LogP contribution in [0.25, 0.3) is 22.0 Å². The SMILES string of the molecule is Cc1cccc(-c2ccc3c(c2)c(CCC(=O)NC2CCC(N)CC2)cn3CC2CCCCC2)c1. The molecule has 2 saturated carbocycles. The second kappa shape index (κ2) is 11.0. The lowest BCUT2D eigenvalue weighted by molar-refractivity contribution is -0.122. The van der Waals surface area contributed by atoms with Gasteiger partial charge in [-0.3, -0.25) is 4.79 Å². The lowest BCUT2D eigenvalue weighted by atomic mass is 9.89. The van der Waals surface area contributed by atoms with Crippen LogP contribution in [0.3, 0.4) is 0 Å². The molecule has 1 aromatic heterocycles. The summed E-state index contributed by atoms with van der Waals surface area (Å²) >= 11 is 0. The van der Waals surface area contributed by atoms with Crippen molar-refractivity contribution in [1.29, 1.82) is 0 Å². The van der Waals surface area contributed by atoms with E-state index in [2.05, 4.69) is 65.5 Å². The van der Waals surface area contributed by atoms with E-state index >= 15 is 0 Å². The molecule has 2 fully saturated rings. The zero-order chi connectivity index (χ0) is 24.2. The molecule has 3 aromatic rings. The van der Waals surface area contributed by atoms with Crippen LogP contribution < -0.4 is 11.1 Å². The van der Waals surface area contributed by atoms with E-state index in [1.807, 2.05) is 0 Å². The minimum atomic E-state index is 0.175. The highest BCUT2D eigenvalue weighted by molar-refractivity contribution is 5.89. The van der Waals surface area contributed by atoms with Crippen LogP contribution in [0, 0.1) is 12.8 Å². The highest BCUT2D eigenvalue weighted by atomic mass is 16.1. The third-order valence-electron chi connectivity index (χ3n) is 8.25. The normalized spacial score (nSPS) is 21.3. The van der Waals surface area contributed by atoms with Gasteiger partial charge in [0.15, 0.2) is 0 Å². The number of aryl methyl sites for hydroxylation is 2. The van der Waals surface area contributed by atoms with Crippen molar-refractivity contribution in [2.24, 2.45) is 11.7 Å². The Morgan fingerprint density at radius 1 is 0.971 bits per heavy atom. The van der Waals surface area contributed by atoms with Crippen molar-refractivity contribution in [3.05, 3.63) is 59.8 Å². The second-order valence-electron chi connectivity index (χ2n) is 11.1. The van der Waals surface area contributed by atoms with Crippen LogP contribution >= 0.6 is 0 Å². The zero-order valence-electron chi connectivity index (χ0n) is 21.3. The van der Waals surface area contributed by atoms with Crippen molar-refractivity contribution in [1.82, 2.24) is 9.88 Å². The van der Waals surface area contributed by atoms with Crippen molar-refractivity contribution in [2.75, 3.05) is 0 Å². The van der Waals surface area contributed by atoms with Gasteiger partial charge < -0.3 is 15.6 Å². The Bertz CT molecular complexity index is 1150. The molecule has 3 N–H and O–H groups in total. The summed E-state index contributed by atoms with van der Waals surface area (Å²) < 4.78 is 2.47. The van der Waals surface area contributed by atoms with Gasteiger partial charge in [-0.25, -0.2) is 0 Å². The van der Waals surface area contributed by atoms with Gasteiger partial charge in [0.25, 0.3) is 0 Å². The van der Waals surface area contributed by atoms with Crippen LogP contribution in [0.15, 0.2) is 48.7 Å². The summed E-state index contributed by atoms with van der Waals surface area (Å²) in [4.78, 5) is 12.8. The summed E-state index contributed by atoms with van der Waals surface area (Å²) in [5, 5.41) is 4.57. The number of carbonyl (C=O) groups is 1. The summed E-state index contributed by atoms with van der Waals surface area (Å²) in [6.07, 6.45) is 14.5. The first kappa shape index (κ1) is 24.1. The van der Waals surface area contributed by atoms with Gasteiger partial charge in [-0.1, -0.05) is 55.2 Å². The number of benzene rings is 2. The number of nitrogens with zero attached hydrogens (tertiary/aromatic N) is 1. The van der Waals surface area contributed by atoms with Gasteiger partial charge in [-0.2, -0.15) is 0 Å². The van der Waals surface area contributed by atoms with E-state index in [0.29, 0.717) is 18.5 Å². The van der Waals surface area contributed by atoms with Crippen LogP contribution in [-0.4, -0.2) is 22.6 Å². The molecule has 186 valence electrons. The Kier molecular flexibility index (Phi) is 7.57. The van der Waals surface area contributed by atoms with Crippen LogP contribution in [0.1, 0.15) is 75.3 Å². The summed E-state index contributed by atoms with van der Waals surface area (Å²) in [5.74, 6) is 0.943. The van der Waals surface area contributed by atoms with Gasteiger partial charge >= 0.3 is 0 Å². The first-order valence-corrected chi connectivity index (χ1v) is 13.8. The van der Waals surface area contributed by atoms with Gasteiger partial charge in [-0.05, 0) is 86.6 Å². The van der Waals surface area contributed by atoms with Crippen molar-refractivity contribution in [2.45, 2.75) is 96.2 Å². The molecule has 1 heterocycles. The fraction of sp³-hybridized carbons (Fsp3) is 0.516. The number of carbonyl (C=O) groups excluding carboxylic acids is 1. The Morgan fingerprint density at radius 2 is 1.74 bits per heavy atom. The number of aromatic nitrogens is 1. The molecule has 35 heavy (non-hydrogen) atoms. The number of amides is 1. The Balaban J connectivity index is 1.37. The average molecular weight is 472 g/mol. The van der Waals surface area contributed by atoms with Crippen LogP contribution in [0.5, 0.6) is 0 Å². The number of hydrogen-bond acceptors (Lipinski definition) is 2. The highest BCUT2D eigenvalue weighted by Gasteiger charge is 2.21. The van der Waals surface area contributed by atoms with Gasteiger partial charge in [-0.15, -0.1) is 0 Å². The fourth-order valence-corrected chi connectivity index (χ4v) is 6.18. The second-order valence-corrected chi connectivity index (χ2v) is 11.1. The maximum atomic E-state index is 12.8.